The minimum Gasteiger partial charge on any atom is -0.225 e. The van der Waals surface area contributed by atoms with E-state index in [0.29, 0.717) is 0 Å². The van der Waals surface area contributed by atoms with Crippen molar-refractivity contribution in [3.05, 3.63) is 29.3 Å². The third-order valence-corrected chi connectivity index (χ3v) is 2.60. The number of hydrogen-bond acceptors (Lipinski definition) is 2. The van der Waals surface area contributed by atoms with Gasteiger partial charge in [0.2, 0.25) is 10.0 Å². The summed E-state index contributed by atoms with van der Waals surface area (Å²) in [6.45, 7) is 1.34. The predicted octanol–water partition coefficient (Wildman–Crippen LogP) is 0.921. The number of nitrogens with two attached hydrogens (primary N) is 1. The van der Waals surface area contributed by atoms with Gasteiger partial charge in [0.15, 0.2) is 11.6 Å². The Morgan fingerprint density at radius 3 is 2.23 bits per heavy atom. The lowest BCUT2D eigenvalue weighted by Crippen LogP contribution is -2.16. The molecule has 0 aliphatic heterocycles. The summed E-state index contributed by atoms with van der Waals surface area (Å²) in [6, 6.07) is 2.00. The van der Waals surface area contributed by atoms with Crippen molar-refractivity contribution < 1.29 is 17.2 Å². The number of benzene rings is 1. The first kappa shape index (κ1) is 10.1. The molecule has 0 amide bonds. The van der Waals surface area contributed by atoms with Crippen LogP contribution in [0.1, 0.15) is 5.56 Å². The molecule has 72 valence electrons. The lowest BCUT2D eigenvalue weighted by Gasteiger charge is -2.04. The molecule has 0 aliphatic rings. The van der Waals surface area contributed by atoms with Crippen LogP contribution in [0.4, 0.5) is 8.78 Å². The summed E-state index contributed by atoms with van der Waals surface area (Å²) in [6.07, 6.45) is 0. The van der Waals surface area contributed by atoms with E-state index in [2.05, 4.69) is 0 Å². The van der Waals surface area contributed by atoms with Gasteiger partial charge in [-0.25, -0.2) is 22.3 Å². The van der Waals surface area contributed by atoms with Gasteiger partial charge in [0, 0.05) is 0 Å². The van der Waals surface area contributed by atoms with Crippen LogP contribution in [0.5, 0.6) is 0 Å². The van der Waals surface area contributed by atoms with Crippen LogP contribution in [0.25, 0.3) is 0 Å². The minimum absolute atomic E-state index is 0.0846. The molecule has 0 bridgehead atoms. The van der Waals surface area contributed by atoms with Crippen molar-refractivity contribution in [2.45, 2.75) is 11.8 Å². The van der Waals surface area contributed by atoms with Crippen molar-refractivity contribution in [2.75, 3.05) is 0 Å². The third-order valence-electron chi connectivity index (χ3n) is 1.53. The Hall–Kier alpha value is -1.01. The number of hydrogen-bond donors (Lipinski definition) is 1. The van der Waals surface area contributed by atoms with E-state index in [9.17, 15) is 17.2 Å². The fraction of sp³-hybridized carbons (Fsp3) is 0.143. The molecule has 1 aromatic rings. The molecule has 0 radical (unpaired) electrons. The average molecular weight is 207 g/mol. The fourth-order valence-corrected chi connectivity index (χ4v) is 1.84. The van der Waals surface area contributed by atoms with Crippen molar-refractivity contribution >= 4 is 10.0 Å². The maximum atomic E-state index is 12.9. The molecule has 0 saturated heterocycles. The van der Waals surface area contributed by atoms with E-state index in [0.717, 1.165) is 12.1 Å². The molecule has 0 aliphatic carbocycles. The zero-order valence-electron chi connectivity index (χ0n) is 6.71. The van der Waals surface area contributed by atoms with Gasteiger partial charge >= 0.3 is 0 Å². The molecule has 13 heavy (non-hydrogen) atoms. The van der Waals surface area contributed by atoms with E-state index in [1.54, 1.807) is 0 Å². The molecule has 0 fully saturated rings. The molecule has 0 unspecified atom stereocenters. The second-order valence-electron chi connectivity index (χ2n) is 2.55. The van der Waals surface area contributed by atoms with E-state index in [1.165, 1.54) is 6.92 Å². The SMILES string of the molecule is Cc1ccc(F)c(F)c1S(N)(=O)=O. The molecule has 1 rings (SSSR count). The molecular formula is C7H7F2NO2S. The van der Waals surface area contributed by atoms with E-state index < -0.39 is 26.6 Å². The van der Waals surface area contributed by atoms with Gasteiger partial charge < -0.3 is 0 Å². The molecular weight excluding hydrogens is 200 g/mol. The van der Waals surface area contributed by atoms with Gasteiger partial charge in [-0.2, -0.15) is 0 Å². The first-order chi connectivity index (χ1) is 5.84. The van der Waals surface area contributed by atoms with Crippen LogP contribution in [-0.2, 0) is 10.0 Å². The van der Waals surface area contributed by atoms with Crippen LogP contribution >= 0.6 is 0 Å². The zero-order chi connectivity index (χ0) is 10.2. The van der Waals surface area contributed by atoms with Gasteiger partial charge in [0.25, 0.3) is 0 Å². The molecule has 0 aromatic heterocycles. The Kier molecular flexibility index (Phi) is 2.36. The largest absolute Gasteiger partial charge is 0.241 e. The predicted molar refractivity (Wildman–Crippen MR) is 42.5 cm³/mol. The Labute approximate surface area is 74.2 Å². The molecule has 2 N–H and O–H groups in total. The highest BCUT2D eigenvalue weighted by atomic mass is 32.2. The summed E-state index contributed by atoms with van der Waals surface area (Å²) in [4.78, 5) is -0.785. The minimum atomic E-state index is -4.20. The van der Waals surface area contributed by atoms with Crippen LogP contribution in [-0.4, -0.2) is 8.42 Å². The third kappa shape index (κ3) is 1.84. The first-order valence-electron chi connectivity index (χ1n) is 3.31. The Morgan fingerprint density at radius 1 is 1.31 bits per heavy atom. The molecule has 6 heteroatoms. The van der Waals surface area contributed by atoms with Crippen molar-refractivity contribution in [2.24, 2.45) is 5.14 Å². The van der Waals surface area contributed by atoms with Crippen LogP contribution in [0.15, 0.2) is 17.0 Å². The van der Waals surface area contributed by atoms with Crippen LogP contribution in [0, 0.1) is 18.6 Å². The molecule has 1 aromatic carbocycles. The average Bonchev–Trinajstić information content (AvgIpc) is 1.95. The highest BCUT2D eigenvalue weighted by molar-refractivity contribution is 7.89. The van der Waals surface area contributed by atoms with Gasteiger partial charge in [0.05, 0.1) is 0 Å². The maximum absolute atomic E-state index is 12.9. The topological polar surface area (TPSA) is 60.2 Å². The van der Waals surface area contributed by atoms with E-state index >= 15 is 0 Å². The smallest absolute Gasteiger partial charge is 0.225 e. The zero-order valence-corrected chi connectivity index (χ0v) is 7.53. The standard InChI is InChI=1S/C7H7F2NO2S/c1-4-2-3-5(8)6(9)7(4)13(10,11)12/h2-3H,1H3,(H2,10,11,12). The Bertz CT molecular complexity index is 442. The normalized spacial score (nSPS) is 11.7. The monoisotopic (exact) mass is 207 g/mol. The maximum Gasteiger partial charge on any atom is 0.241 e. The van der Waals surface area contributed by atoms with Crippen LogP contribution < -0.4 is 5.14 Å². The number of rotatable bonds is 1. The highest BCUT2D eigenvalue weighted by Crippen LogP contribution is 2.19. The second-order valence-corrected chi connectivity index (χ2v) is 4.05. The summed E-state index contributed by atoms with van der Waals surface area (Å²) >= 11 is 0. The first-order valence-corrected chi connectivity index (χ1v) is 4.86. The number of sulfonamides is 1. The quantitative estimate of drug-likeness (QED) is 0.744. The van der Waals surface area contributed by atoms with Gasteiger partial charge in [-0.1, -0.05) is 6.07 Å². The van der Waals surface area contributed by atoms with Gasteiger partial charge in [-0.3, -0.25) is 0 Å². The van der Waals surface area contributed by atoms with Gasteiger partial charge in [-0.15, -0.1) is 0 Å². The lowest BCUT2D eigenvalue weighted by atomic mass is 10.2. The fourth-order valence-electron chi connectivity index (χ4n) is 0.978. The summed E-state index contributed by atoms with van der Waals surface area (Å²) in [7, 11) is -4.20. The summed E-state index contributed by atoms with van der Waals surface area (Å²) in [5.41, 5.74) is 0.0846. The number of primary sulfonamides is 1. The summed E-state index contributed by atoms with van der Waals surface area (Å²) in [5.74, 6) is -2.66. The number of halogens is 2. The summed E-state index contributed by atoms with van der Waals surface area (Å²) in [5, 5.41) is 4.69. The molecule has 0 spiro atoms. The Balaban J connectivity index is 3.62. The molecule has 0 saturated carbocycles. The van der Waals surface area contributed by atoms with Crippen molar-refractivity contribution in [3.63, 3.8) is 0 Å². The van der Waals surface area contributed by atoms with E-state index in [4.69, 9.17) is 5.14 Å². The highest BCUT2D eigenvalue weighted by Gasteiger charge is 2.20. The van der Waals surface area contributed by atoms with E-state index in [1.807, 2.05) is 0 Å². The van der Waals surface area contributed by atoms with E-state index in [-0.39, 0.29) is 5.56 Å². The molecule has 0 heterocycles. The van der Waals surface area contributed by atoms with Crippen LogP contribution in [0.3, 0.4) is 0 Å². The van der Waals surface area contributed by atoms with Crippen molar-refractivity contribution in [1.29, 1.82) is 0 Å². The molecule has 0 atom stereocenters. The molecule has 3 nitrogen and oxygen atoms in total. The Morgan fingerprint density at radius 2 is 1.85 bits per heavy atom. The van der Waals surface area contributed by atoms with Crippen LogP contribution in [0.2, 0.25) is 0 Å². The van der Waals surface area contributed by atoms with Gasteiger partial charge in [0.1, 0.15) is 4.90 Å². The van der Waals surface area contributed by atoms with Gasteiger partial charge in [-0.05, 0) is 18.6 Å². The van der Waals surface area contributed by atoms with Crippen molar-refractivity contribution in [3.8, 4) is 0 Å². The number of aryl methyl sites for hydroxylation is 1. The lowest BCUT2D eigenvalue weighted by molar-refractivity contribution is 0.483. The van der Waals surface area contributed by atoms with Crippen molar-refractivity contribution in [1.82, 2.24) is 0 Å². The summed E-state index contributed by atoms with van der Waals surface area (Å²) < 4.78 is 47.1. The second kappa shape index (κ2) is 3.04.